The molecular formula is C14H29N3. The standard InChI is InChI=1S/C14H29N3/c1-11-7-12(2)13(3)17(8-11)14(9-15)5-6-16(4)10-14/h11-13H,5-10,15H2,1-4H3. The van der Waals surface area contributed by atoms with Crippen LogP contribution < -0.4 is 5.73 Å². The van der Waals surface area contributed by atoms with Gasteiger partial charge in [0.2, 0.25) is 0 Å². The number of nitrogens with zero attached hydrogens (tertiary/aromatic N) is 2. The van der Waals surface area contributed by atoms with Crippen LogP contribution in [0.2, 0.25) is 0 Å². The lowest BCUT2D eigenvalue weighted by Crippen LogP contribution is -2.62. The fraction of sp³-hybridized carbons (Fsp3) is 1.00. The summed E-state index contributed by atoms with van der Waals surface area (Å²) in [7, 11) is 2.22. The summed E-state index contributed by atoms with van der Waals surface area (Å²) in [5.41, 5.74) is 6.39. The van der Waals surface area contributed by atoms with Crippen molar-refractivity contribution in [3.8, 4) is 0 Å². The Balaban J connectivity index is 2.18. The highest BCUT2D eigenvalue weighted by molar-refractivity contribution is 5.03. The quantitative estimate of drug-likeness (QED) is 0.790. The van der Waals surface area contributed by atoms with Crippen molar-refractivity contribution in [2.45, 2.75) is 45.2 Å². The highest BCUT2D eigenvalue weighted by Crippen LogP contribution is 2.36. The van der Waals surface area contributed by atoms with Crippen molar-refractivity contribution in [3.63, 3.8) is 0 Å². The first-order valence-electron chi connectivity index (χ1n) is 7.14. The molecule has 17 heavy (non-hydrogen) atoms. The maximum absolute atomic E-state index is 6.15. The summed E-state index contributed by atoms with van der Waals surface area (Å²) in [4.78, 5) is 5.17. The minimum absolute atomic E-state index is 0.247. The summed E-state index contributed by atoms with van der Waals surface area (Å²) >= 11 is 0. The Morgan fingerprint density at radius 3 is 2.53 bits per heavy atom. The Hall–Kier alpha value is -0.120. The Morgan fingerprint density at radius 1 is 1.29 bits per heavy atom. The van der Waals surface area contributed by atoms with E-state index in [1.807, 2.05) is 0 Å². The third-order valence-corrected chi connectivity index (χ3v) is 5.11. The van der Waals surface area contributed by atoms with Crippen LogP contribution in [0.4, 0.5) is 0 Å². The first-order chi connectivity index (χ1) is 7.98. The second kappa shape index (κ2) is 4.87. The zero-order chi connectivity index (χ0) is 12.6. The lowest BCUT2D eigenvalue weighted by Gasteiger charge is -2.50. The Labute approximate surface area is 106 Å². The highest BCUT2D eigenvalue weighted by atomic mass is 15.3. The summed E-state index contributed by atoms with van der Waals surface area (Å²) < 4.78 is 0. The van der Waals surface area contributed by atoms with E-state index >= 15 is 0 Å². The molecule has 0 radical (unpaired) electrons. The van der Waals surface area contributed by atoms with Gasteiger partial charge >= 0.3 is 0 Å². The number of piperidine rings is 1. The van der Waals surface area contributed by atoms with Crippen LogP contribution in [0.1, 0.15) is 33.6 Å². The summed E-state index contributed by atoms with van der Waals surface area (Å²) in [6.45, 7) is 11.6. The van der Waals surface area contributed by atoms with Crippen molar-refractivity contribution in [2.24, 2.45) is 17.6 Å². The van der Waals surface area contributed by atoms with Crippen molar-refractivity contribution in [1.29, 1.82) is 0 Å². The van der Waals surface area contributed by atoms with Gasteiger partial charge < -0.3 is 10.6 Å². The molecule has 2 heterocycles. The summed E-state index contributed by atoms with van der Waals surface area (Å²) in [6.07, 6.45) is 2.61. The molecule has 0 aromatic rings. The number of likely N-dealkylation sites (N-methyl/N-ethyl adjacent to an activating group) is 1. The molecule has 2 saturated heterocycles. The lowest BCUT2D eigenvalue weighted by molar-refractivity contribution is -0.0103. The minimum Gasteiger partial charge on any atom is -0.329 e. The molecule has 2 aliphatic heterocycles. The minimum atomic E-state index is 0.247. The van der Waals surface area contributed by atoms with Crippen molar-refractivity contribution < 1.29 is 0 Å². The van der Waals surface area contributed by atoms with Crippen LogP contribution in [0.3, 0.4) is 0 Å². The zero-order valence-electron chi connectivity index (χ0n) is 11.9. The number of hydrogen-bond donors (Lipinski definition) is 1. The molecule has 0 saturated carbocycles. The maximum Gasteiger partial charge on any atom is 0.0473 e. The molecule has 0 bridgehead atoms. The van der Waals surface area contributed by atoms with Gasteiger partial charge in [-0.2, -0.15) is 0 Å². The predicted octanol–water partition coefficient (Wildman–Crippen LogP) is 1.39. The van der Waals surface area contributed by atoms with E-state index in [9.17, 15) is 0 Å². The number of hydrogen-bond acceptors (Lipinski definition) is 3. The summed E-state index contributed by atoms with van der Waals surface area (Å²) in [5, 5.41) is 0. The SMILES string of the molecule is CC1CC(C)C(C)N(C2(CN)CCN(C)C2)C1. The maximum atomic E-state index is 6.15. The van der Waals surface area contributed by atoms with Crippen LogP contribution in [-0.4, -0.2) is 54.6 Å². The van der Waals surface area contributed by atoms with E-state index in [0.717, 1.165) is 24.9 Å². The molecule has 0 aliphatic carbocycles. The van der Waals surface area contributed by atoms with Crippen molar-refractivity contribution in [2.75, 3.05) is 33.2 Å². The molecule has 3 nitrogen and oxygen atoms in total. The van der Waals surface area contributed by atoms with E-state index in [-0.39, 0.29) is 5.54 Å². The zero-order valence-corrected chi connectivity index (χ0v) is 11.9. The fourth-order valence-corrected chi connectivity index (χ4v) is 3.92. The summed E-state index contributed by atoms with van der Waals surface area (Å²) in [5.74, 6) is 1.61. The number of nitrogens with two attached hydrogens (primary N) is 1. The molecule has 0 amide bonds. The van der Waals surface area contributed by atoms with E-state index in [1.165, 1.54) is 25.9 Å². The first kappa shape index (κ1) is 13.3. The molecule has 2 aliphatic rings. The normalized spacial score (nSPS) is 45.4. The smallest absolute Gasteiger partial charge is 0.0473 e. The Kier molecular flexibility index (Phi) is 3.81. The van der Waals surface area contributed by atoms with Crippen molar-refractivity contribution >= 4 is 0 Å². The fourth-order valence-electron chi connectivity index (χ4n) is 3.92. The Bertz CT molecular complexity index is 268. The van der Waals surface area contributed by atoms with E-state index in [2.05, 4.69) is 37.6 Å². The molecular weight excluding hydrogens is 210 g/mol. The molecule has 2 fully saturated rings. The van der Waals surface area contributed by atoms with E-state index in [1.54, 1.807) is 0 Å². The monoisotopic (exact) mass is 239 g/mol. The first-order valence-corrected chi connectivity index (χ1v) is 7.14. The van der Waals surface area contributed by atoms with Crippen molar-refractivity contribution in [1.82, 2.24) is 9.80 Å². The van der Waals surface area contributed by atoms with E-state index in [4.69, 9.17) is 5.73 Å². The van der Waals surface area contributed by atoms with Crippen LogP contribution in [0.5, 0.6) is 0 Å². The molecule has 2 rings (SSSR count). The van der Waals surface area contributed by atoms with Gasteiger partial charge in [0.1, 0.15) is 0 Å². The largest absolute Gasteiger partial charge is 0.329 e. The van der Waals surface area contributed by atoms with Gasteiger partial charge in [-0.1, -0.05) is 13.8 Å². The van der Waals surface area contributed by atoms with Gasteiger partial charge in [-0.3, -0.25) is 4.90 Å². The van der Waals surface area contributed by atoms with Gasteiger partial charge in [0.05, 0.1) is 0 Å². The molecule has 0 aromatic heterocycles. The topological polar surface area (TPSA) is 32.5 Å². The second-order valence-corrected chi connectivity index (χ2v) is 6.63. The molecule has 3 heteroatoms. The lowest BCUT2D eigenvalue weighted by atomic mass is 9.81. The van der Waals surface area contributed by atoms with E-state index < -0.39 is 0 Å². The molecule has 100 valence electrons. The van der Waals surface area contributed by atoms with Crippen LogP contribution in [0.25, 0.3) is 0 Å². The van der Waals surface area contributed by atoms with Crippen LogP contribution in [0, 0.1) is 11.8 Å². The summed E-state index contributed by atoms with van der Waals surface area (Å²) in [6, 6.07) is 0.682. The third-order valence-electron chi connectivity index (χ3n) is 5.11. The Morgan fingerprint density at radius 2 is 2.00 bits per heavy atom. The average molecular weight is 239 g/mol. The molecule has 0 aromatic carbocycles. The van der Waals surface area contributed by atoms with Gasteiger partial charge in [0.25, 0.3) is 0 Å². The van der Waals surface area contributed by atoms with Gasteiger partial charge in [-0.25, -0.2) is 0 Å². The number of rotatable bonds is 2. The number of likely N-dealkylation sites (tertiary alicyclic amines) is 2. The predicted molar refractivity (Wildman–Crippen MR) is 73.0 cm³/mol. The molecule has 0 spiro atoms. The van der Waals surface area contributed by atoms with Crippen LogP contribution in [-0.2, 0) is 0 Å². The van der Waals surface area contributed by atoms with Gasteiger partial charge in [-0.15, -0.1) is 0 Å². The van der Waals surface area contributed by atoms with Crippen LogP contribution in [0.15, 0.2) is 0 Å². The van der Waals surface area contributed by atoms with Gasteiger partial charge in [0, 0.05) is 31.2 Å². The second-order valence-electron chi connectivity index (χ2n) is 6.63. The van der Waals surface area contributed by atoms with Gasteiger partial charge in [-0.05, 0) is 45.2 Å². The average Bonchev–Trinajstić information content (AvgIpc) is 2.66. The third kappa shape index (κ3) is 2.38. The van der Waals surface area contributed by atoms with Crippen LogP contribution >= 0.6 is 0 Å². The molecule has 2 N–H and O–H groups in total. The highest BCUT2D eigenvalue weighted by Gasteiger charge is 2.45. The van der Waals surface area contributed by atoms with Gasteiger partial charge in [0.15, 0.2) is 0 Å². The molecule has 4 unspecified atom stereocenters. The van der Waals surface area contributed by atoms with E-state index in [0.29, 0.717) is 6.04 Å². The van der Waals surface area contributed by atoms with Crippen molar-refractivity contribution in [3.05, 3.63) is 0 Å². The molecule has 4 atom stereocenters.